The van der Waals surface area contributed by atoms with E-state index in [4.69, 9.17) is 11.5 Å². The second-order valence-electron chi connectivity index (χ2n) is 11.7. The van der Waals surface area contributed by atoms with E-state index in [1.165, 1.54) is 18.2 Å². The first-order valence-corrected chi connectivity index (χ1v) is 15.1. The maximum Gasteiger partial charge on any atom is 0.185 e. The Balaban J connectivity index is 4.24. The third-order valence-corrected chi connectivity index (χ3v) is 6.81. The lowest BCUT2D eigenvalue weighted by Crippen LogP contribution is -2.25. The van der Waals surface area contributed by atoms with Gasteiger partial charge in [0.15, 0.2) is 5.96 Å². The molecule has 0 spiro atoms. The Bertz CT molecular complexity index is 822. The minimum absolute atomic E-state index is 0.0154. The Morgan fingerprint density at radius 1 is 0.628 bits per heavy atom. The zero-order valence-corrected chi connectivity index (χ0v) is 25.6. The smallest absolute Gasteiger partial charge is 0.185 e. The van der Waals surface area contributed by atoms with Gasteiger partial charge in [-0.1, -0.05) is 38.2 Å². The fraction of sp³-hybridized carbons (Fsp3) is 0.800. The van der Waals surface area contributed by atoms with E-state index in [-0.39, 0.29) is 75.4 Å². The summed E-state index contributed by atoms with van der Waals surface area (Å²) in [6, 6.07) is 0. The van der Waals surface area contributed by atoms with Gasteiger partial charge in [-0.2, -0.15) is 0 Å². The molecule has 0 saturated carbocycles. The number of Topliss-reactive ketones (excluding diaryl/α,β-unsaturated/α-hetero) is 1. The molecule has 0 rings (SSSR count). The number of aliphatic hydroxyl groups excluding tert-OH is 9. The molecule has 0 aromatic rings. The van der Waals surface area contributed by atoms with Crippen LogP contribution in [0.2, 0.25) is 0 Å². The molecule has 9 atom stereocenters. The van der Waals surface area contributed by atoms with Crippen LogP contribution in [0.1, 0.15) is 84.5 Å². The number of hydrogen-bond donors (Lipinski definition) is 11. The molecule has 252 valence electrons. The van der Waals surface area contributed by atoms with Crippen molar-refractivity contribution in [2.24, 2.45) is 22.4 Å². The molecule has 0 aliphatic carbocycles. The van der Waals surface area contributed by atoms with Crippen molar-refractivity contribution in [2.45, 2.75) is 139 Å². The largest absolute Gasteiger partial charge is 0.393 e. The highest BCUT2D eigenvalue weighted by molar-refractivity contribution is 5.80. The molecule has 0 heterocycles. The molecule has 13 heteroatoms. The van der Waals surface area contributed by atoms with Crippen LogP contribution in [0.15, 0.2) is 29.3 Å². The van der Waals surface area contributed by atoms with Gasteiger partial charge in [-0.25, -0.2) is 0 Å². The number of ketones is 1. The highest BCUT2D eigenvalue weighted by Crippen LogP contribution is 2.15. The summed E-state index contributed by atoms with van der Waals surface area (Å²) in [4.78, 5) is 15.5. The van der Waals surface area contributed by atoms with Gasteiger partial charge in [0.25, 0.3) is 0 Å². The van der Waals surface area contributed by atoms with Crippen molar-refractivity contribution in [3.05, 3.63) is 24.3 Å². The van der Waals surface area contributed by atoms with Gasteiger partial charge in [0.1, 0.15) is 5.78 Å². The van der Waals surface area contributed by atoms with E-state index in [1.807, 2.05) is 0 Å². The van der Waals surface area contributed by atoms with Gasteiger partial charge in [-0.05, 0) is 51.4 Å². The summed E-state index contributed by atoms with van der Waals surface area (Å²) in [5.74, 6) is -0.328. The molecule has 13 nitrogen and oxygen atoms in total. The fourth-order valence-corrected chi connectivity index (χ4v) is 4.44. The van der Waals surface area contributed by atoms with E-state index < -0.39 is 54.9 Å². The summed E-state index contributed by atoms with van der Waals surface area (Å²) in [5, 5.41) is 90.7. The molecule has 0 radical (unpaired) electrons. The molecule has 0 saturated heterocycles. The van der Waals surface area contributed by atoms with Crippen molar-refractivity contribution in [1.82, 2.24) is 0 Å². The van der Waals surface area contributed by atoms with Gasteiger partial charge in [0, 0.05) is 31.7 Å². The van der Waals surface area contributed by atoms with E-state index in [1.54, 1.807) is 19.9 Å². The number of carbonyl (C=O) groups excluding carboxylic acids is 1. The summed E-state index contributed by atoms with van der Waals surface area (Å²) in [6.07, 6.45) is -1.52. The Labute approximate surface area is 255 Å². The minimum Gasteiger partial charge on any atom is -0.393 e. The third kappa shape index (κ3) is 24.1. The predicted octanol–water partition coefficient (Wildman–Crippen LogP) is -0.863. The van der Waals surface area contributed by atoms with Crippen LogP contribution in [-0.2, 0) is 4.79 Å². The third-order valence-electron chi connectivity index (χ3n) is 6.81. The molecule has 0 aromatic carbocycles. The molecule has 0 aliphatic rings. The number of aliphatic imine (C=N–C) groups is 1. The van der Waals surface area contributed by atoms with Crippen LogP contribution in [-0.4, -0.2) is 119 Å². The molecule has 0 fully saturated rings. The van der Waals surface area contributed by atoms with E-state index >= 15 is 0 Å². The Kier molecular flexibility index (Phi) is 22.4. The first-order valence-electron chi connectivity index (χ1n) is 15.1. The van der Waals surface area contributed by atoms with Crippen LogP contribution in [0.4, 0.5) is 0 Å². The molecule has 9 unspecified atom stereocenters. The lowest BCUT2D eigenvalue weighted by atomic mass is 9.97. The van der Waals surface area contributed by atoms with Gasteiger partial charge in [0.2, 0.25) is 0 Å². The van der Waals surface area contributed by atoms with Crippen molar-refractivity contribution < 1.29 is 50.8 Å². The van der Waals surface area contributed by atoms with Crippen LogP contribution in [0.25, 0.3) is 0 Å². The van der Waals surface area contributed by atoms with E-state index in [0.717, 1.165) is 0 Å². The van der Waals surface area contributed by atoms with E-state index in [9.17, 15) is 50.8 Å². The van der Waals surface area contributed by atoms with Crippen molar-refractivity contribution in [2.75, 3.05) is 6.54 Å². The first-order chi connectivity index (χ1) is 20.1. The molecule has 43 heavy (non-hydrogen) atoms. The Morgan fingerprint density at radius 2 is 1.05 bits per heavy atom. The standard InChI is InChI=1S/C30H57N3O10/c1-19(2)29(43)18-28(42)17-27(41)15-23(37)9-4-8-22(36)14-26(40)16-25(39)13-21(35)7-3-6-20(34)12-24(38)10-5-11-33-30(31)32/h3-4,7,9,19-28,34-42H,5-6,8,10-18H2,1-2H3,(H4,31,32,33). The number of rotatable bonds is 25. The van der Waals surface area contributed by atoms with Crippen LogP contribution in [0.3, 0.4) is 0 Å². The molecule has 0 bridgehead atoms. The summed E-state index contributed by atoms with van der Waals surface area (Å²) >= 11 is 0. The first kappa shape index (κ1) is 41.1. The maximum atomic E-state index is 11.7. The average molecular weight is 620 g/mol. The lowest BCUT2D eigenvalue weighted by Gasteiger charge is -2.19. The predicted molar refractivity (Wildman–Crippen MR) is 164 cm³/mol. The summed E-state index contributed by atoms with van der Waals surface area (Å²) in [7, 11) is 0. The number of aliphatic hydroxyl groups is 9. The molecular weight excluding hydrogens is 562 g/mol. The fourth-order valence-electron chi connectivity index (χ4n) is 4.44. The van der Waals surface area contributed by atoms with E-state index in [0.29, 0.717) is 19.4 Å². The molecule has 13 N–H and O–H groups in total. The van der Waals surface area contributed by atoms with Gasteiger partial charge < -0.3 is 57.4 Å². The molecule has 0 amide bonds. The van der Waals surface area contributed by atoms with Crippen LogP contribution in [0, 0.1) is 5.92 Å². The SMILES string of the molecule is CC(C)C(=O)CC(O)CC(O)CC(O)C=CCC(O)CC(O)CC(O)CC(O)C=CCC(O)CC(O)CCCN=C(N)N. The van der Waals surface area contributed by atoms with Crippen molar-refractivity contribution in [1.29, 1.82) is 0 Å². The number of nitrogens with two attached hydrogens (primary N) is 2. The topological polar surface area (TPSA) is 264 Å². The second-order valence-corrected chi connectivity index (χ2v) is 11.7. The van der Waals surface area contributed by atoms with Crippen molar-refractivity contribution in [3.8, 4) is 0 Å². The van der Waals surface area contributed by atoms with Crippen LogP contribution in [0.5, 0.6) is 0 Å². The maximum absolute atomic E-state index is 11.7. The van der Waals surface area contributed by atoms with Gasteiger partial charge in [-0.15, -0.1) is 0 Å². The van der Waals surface area contributed by atoms with Gasteiger partial charge >= 0.3 is 0 Å². The molecule has 0 aliphatic heterocycles. The normalized spacial score (nSPS) is 18.7. The van der Waals surface area contributed by atoms with E-state index in [2.05, 4.69) is 4.99 Å². The monoisotopic (exact) mass is 619 g/mol. The zero-order chi connectivity index (χ0) is 32.9. The lowest BCUT2D eigenvalue weighted by molar-refractivity contribution is -0.124. The quantitative estimate of drug-likeness (QED) is 0.0258. The minimum atomic E-state index is -1.04. The van der Waals surface area contributed by atoms with Gasteiger partial charge in [-0.3, -0.25) is 9.79 Å². The summed E-state index contributed by atoms with van der Waals surface area (Å²) < 4.78 is 0. The molecule has 0 aromatic heterocycles. The highest BCUT2D eigenvalue weighted by Gasteiger charge is 2.20. The highest BCUT2D eigenvalue weighted by atomic mass is 16.3. The summed E-state index contributed by atoms with van der Waals surface area (Å²) in [5.41, 5.74) is 10.5. The number of nitrogens with zero attached hydrogens (tertiary/aromatic N) is 1. The second kappa shape index (κ2) is 23.4. The van der Waals surface area contributed by atoms with Crippen LogP contribution < -0.4 is 11.5 Å². The van der Waals surface area contributed by atoms with Crippen LogP contribution >= 0.6 is 0 Å². The zero-order valence-electron chi connectivity index (χ0n) is 25.6. The Morgan fingerprint density at radius 3 is 1.51 bits per heavy atom. The molecular formula is C30H57N3O10. The average Bonchev–Trinajstić information content (AvgIpc) is 2.85. The Hall–Kier alpha value is -1.94. The number of hydrogen-bond acceptors (Lipinski definition) is 11. The number of carbonyl (C=O) groups is 1. The van der Waals surface area contributed by atoms with Gasteiger partial charge in [0.05, 0.1) is 54.9 Å². The number of guanidine groups is 1. The summed E-state index contributed by atoms with van der Waals surface area (Å²) in [6.45, 7) is 3.85. The van der Waals surface area contributed by atoms with Crippen molar-refractivity contribution in [3.63, 3.8) is 0 Å². The van der Waals surface area contributed by atoms with Crippen molar-refractivity contribution >= 4 is 11.7 Å².